The van der Waals surface area contributed by atoms with Crippen molar-refractivity contribution in [2.24, 2.45) is 0 Å². The number of rotatable bonds is 3. The highest BCUT2D eigenvalue weighted by molar-refractivity contribution is 6.38. The minimum Gasteiger partial charge on any atom is -0.478 e. The summed E-state index contributed by atoms with van der Waals surface area (Å²) in [6.45, 7) is 0. The summed E-state index contributed by atoms with van der Waals surface area (Å²) in [4.78, 5) is 11.4. The lowest BCUT2D eigenvalue weighted by Gasteiger charge is -2.06. The van der Waals surface area contributed by atoms with Gasteiger partial charge in [0.25, 0.3) is 0 Å². The van der Waals surface area contributed by atoms with Crippen molar-refractivity contribution in [3.8, 4) is 0 Å². The van der Waals surface area contributed by atoms with Gasteiger partial charge in [0.1, 0.15) is 5.82 Å². The minimum absolute atomic E-state index is 0.0139. The van der Waals surface area contributed by atoms with E-state index in [4.69, 9.17) is 23.2 Å². The van der Waals surface area contributed by atoms with Gasteiger partial charge in [-0.25, -0.2) is 9.18 Å². The molecule has 1 N–H and O–H groups in total. The SMILES string of the molecule is O=C(O)/C(=C\c1c(Cl)cccc1Cl)c1ccc(F)cc1. The van der Waals surface area contributed by atoms with Crippen molar-refractivity contribution >= 4 is 40.8 Å². The van der Waals surface area contributed by atoms with Crippen LogP contribution >= 0.6 is 23.2 Å². The number of carbonyl (C=O) groups is 1. The Hall–Kier alpha value is -1.84. The van der Waals surface area contributed by atoms with Crippen LogP contribution in [-0.4, -0.2) is 11.1 Å². The molecule has 0 fully saturated rings. The number of carboxylic acid groups (broad SMARTS) is 1. The first-order chi connectivity index (χ1) is 9.49. The predicted molar refractivity (Wildman–Crippen MR) is 78.4 cm³/mol. The second kappa shape index (κ2) is 6.07. The first kappa shape index (κ1) is 14.6. The molecule has 102 valence electrons. The van der Waals surface area contributed by atoms with Crippen molar-refractivity contribution < 1.29 is 14.3 Å². The van der Waals surface area contributed by atoms with E-state index >= 15 is 0 Å². The van der Waals surface area contributed by atoms with Gasteiger partial charge >= 0.3 is 5.97 Å². The standard InChI is InChI=1S/C15H9Cl2FO2/c16-13-2-1-3-14(17)12(13)8-11(15(19)20)9-4-6-10(18)7-5-9/h1-8H,(H,19,20)/b11-8-. The predicted octanol–water partition coefficient (Wildman–Crippen LogP) is 4.76. The summed E-state index contributed by atoms with van der Waals surface area (Å²) in [5, 5.41) is 9.98. The molecule has 0 radical (unpaired) electrons. The van der Waals surface area contributed by atoms with Gasteiger partial charge in [0.05, 0.1) is 5.57 Å². The minimum atomic E-state index is -1.15. The van der Waals surface area contributed by atoms with E-state index < -0.39 is 11.8 Å². The van der Waals surface area contributed by atoms with Gasteiger partial charge in [0.2, 0.25) is 0 Å². The van der Waals surface area contributed by atoms with Crippen LogP contribution < -0.4 is 0 Å². The fourth-order valence-electron chi connectivity index (χ4n) is 1.69. The highest BCUT2D eigenvalue weighted by atomic mass is 35.5. The largest absolute Gasteiger partial charge is 0.478 e. The molecule has 20 heavy (non-hydrogen) atoms. The van der Waals surface area contributed by atoms with Gasteiger partial charge in [-0.2, -0.15) is 0 Å². The molecule has 0 aliphatic heterocycles. The van der Waals surface area contributed by atoms with E-state index in [1.165, 1.54) is 30.3 Å². The molecular weight excluding hydrogens is 302 g/mol. The summed E-state index contributed by atoms with van der Waals surface area (Å²) in [6.07, 6.45) is 1.38. The molecule has 2 nitrogen and oxygen atoms in total. The molecule has 0 spiro atoms. The average molecular weight is 311 g/mol. The lowest BCUT2D eigenvalue weighted by atomic mass is 10.0. The van der Waals surface area contributed by atoms with Crippen molar-refractivity contribution in [1.82, 2.24) is 0 Å². The molecule has 0 saturated carbocycles. The van der Waals surface area contributed by atoms with Crippen molar-refractivity contribution in [2.75, 3.05) is 0 Å². The number of hydrogen-bond donors (Lipinski definition) is 1. The first-order valence-electron chi connectivity index (χ1n) is 5.64. The van der Waals surface area contributed by atoms with Crippen LogP contribution in [0.15, 0.2) is 42.5 Å². The fraction of sp³-hybridized carbons (Fsp3) is 0. The van der Waals surface area contributed by atoms with Gasteiger partial charge in [-0.05, 0) is 35.9 Å². The van der Waals surface area contributed by atoms with Crippen LogP contribution in [0.4, 0.5) is 4.39 Å². The molecule has 2 aromatic rings. The maximum atomic E-state index is 12.9. The van der Waals surface area contributed by atoms with Gasteiger partial charge in [-0.3, -0.25) is 0 Å². The van der Waals surface area contributed by atoms with Gasteiger partial charge in [-0.15, -0.1) is 0 Å². The smallest absolute Gasteiger partial charge is 0.336 e. The normalized spacial score (nSPS) is 11.4. The molecule has 0 unspecified atom stereocenters. The summed E-state index contributed by atoms with van der Waals surface area (Å²) >= 11 is 12.0. The summed E-state index contributed by atoms with van der Waals surface area (Å²) in [6, 6.07) is 10.1. The summed E-state index contributed by atoms with van der Waals surface area (Å²) in [5.74, 6) is -1.58. The number of benzene rings is 2. The molecule has 0 saturated heterocycles. The second-order valence-corrected chi connectivity index (χ2v) is 4.82. The molecule has 2 aromatic carbocycles. The molecule has 5 heteroatoms. The first-order valence-corrected chi connectivity index (χ1v) is 6.39. The van der Waals surface area contributed by atoms with Crippen LogP contribution in [0.25, 0.3) is 11.6 Å². The lowest BCUT2D eigenvalue weighted by molar-refractivity contribution is -0.130. The zero-order chi connectivity index (χ0) is 14.7. The zero-order valence-corrected chi connectivity index (χ0v) is 11.6. The molecule has 0 atom stereocenters. The molecule has 0 aliphatic rings. The van der Waals surface area contributed by atoms with Crippen molar-refractivity contribution in [3.05, 3.63) is 69.5 Å². The monoisotopic (exact) mass is 310 g/mol. The summed E-state index contributed by atoms with van der Waals surface area (Å²) in [7, 11) is 0. The number of carboxylic acids is 1. The lowest BCUT2D eigenvalue weighted by Crippen LogP contribution is -2.00. The van der Waals surface area contributed by atoms with E-state index in [-0.39, 0.29) is 5.57 Å². The van der Waals surface area contributed by atoms with Crippen molar-refractivity contribution in [2.45, 2.75) is 0 Å². The van der Waals surface area contributed by atoms with Crippen LogP contribution in [0.5, 0.6) is 0 Å². The third-order valence-corrected chi connectivity index (χ3v) is 3.33. The van der Waals surface area contributed by atoms with E-state index in [2.05, 4.69) is 0 Å². The average Bonchev–Trinajstić information content (AvgIpc) is 2.39. The maximum absolute atomic E-state index is 12.9. The third kappa shape index (κ3) is 3.18. The Kier molecular flexibility index (Phi) is 4.42. The fourth-order valence-corrected chi connectivity index (χ4v) is 2.20. The number of hydrogen-bond acceptors (Lipinski definition) is 1. The molecule has 0 aromatic heterocycles. The van der Waals surface area contributed by atoms with Crippen LogP contribution in [0.3, 0.4) is 0 Å². The van der Waals surface area contributed by atoms with Crippen molar-refractivity contribution in [1.29, 1.82) is 0 Å². The Balaban J connectivity index is 2.56. The van der Waals surface area contributed by atoms with E-state index in [1.54, 1.807) is 18.2 Å². The maximum Gasteiger partial charge on any atom is 0.336 e. The highest BCUT2D eigenvalue weighted by Gasteiger charge is 2.13. The Bertz CT molecular complexity index is 659. The summed E-state index contributed by atoms with van der Waals surface area (Å²) in [5.41, 5.74) is 0.771. The van der Waals surface area contributed by atoms with Gasteiger partial charge in [0.15, 0.2) is 0 Å². The second-order valence-electron chi connectivity index (χ2n) is 4.01. The number of aliphatic carboxylic acids is 1. The topological polar surface area (TPSA) is 37.3 Å². The van der Waals surface area contributed by atoms with E-state index in [1.807, 2.05) is 0 Å². The zero-order valence-electron chi connectivity index (χ0n) is 10.1. The van der Waals surface area contributed by atoms with Gasteiger partial charge < -0.3 is 5.11 Å². The van der Waals surface area contributed by atoms with Gasteiger partial charge in [0, 0.05) is 15.6 Å². The molecule has 0 amide bonds. The third-order valence-electron chi connectivity index (χ3n) is 2.67. The van der Waals surface area contributed by atoms with Crippen LogP contribution in [0, 0.1) is 5.82 Å². The summed E-state index contributed by atoms with van der Waals surface area (Å²) < 4.78 is 12.9. The Morgan fingerprint density at radius 1 is 1.05 bits per heavy atom. The van der Waals surface area contributed by atoms with E-state index in [0.717, 1.165) is 0 Å². The van der Waals surface area contributed by atoms with Crippen molar-refractivity contribution in [3.63, 3.8) is 0 Å². The Labute approximate surface area is 125 Å². The molecule has 2 rings (SSSR count). The number of halogens is 3. The molecular formula is C15H9Cl2FO2. The van der Waals surface area contributed by atoms with Crippen LogP contribution in [0.2, 0.25) is 10.0 Å². The van der Waals surface area contributed by atoms with Gasteiger partial charge in [-0.1, -0.05) is 41.4 Å². The van der Waals surface area contributed by atoms with Crippen LogP contribution in [0.1, 0.15) is 11.1 Å². The molecule has 0 heterocycles. The Morgan fingerprint density at radius 2 is 1.60 bits per heavy atom. The highest BCUT2D eigenvalue weighted by Crippen LogP contribution is 2.29. The van der Waals surface area contributed by atoms with Crippen LogP contribution in [-0.2, 0) is 4.79 Å². The molecule has 0 aliphatic carbocycles. The quantitative estimate of drug-likeness (QED) is 0.655. The van der Waals surface area contributed by atoms with E-state index in [0.29, 0.717) is 21.2 Å². The molecule has 0 bridgehead atoms. The van der Waals surface area contributed by atoms with E-state index in [9.17, 15) is 14.3 Å². The Morgan fingerprint density at radius 3 is 2.10 bits per heavy atom.